The van der Waals surface area contributed by atoms with Crippen LogP contribution in [0.15, 0.2) is 18.2 Å². The van der Waals surface area contributed by atoms with Crippen molar-refractivity contribution < 1.29 is 4.74 Å². The average Bonchev–Trinajstić information content (AvgIpc) is 3.13. The lowest BCUT2D eigenvalue weighted by atomic mass is 10.1. The van der Waals surface area contributed by atoms with E-state index in [0.29, 0.717) is 11.1 Å². The molecule has 116 valence electrons. The summed E-state index contributed by atoms with van der Waals surface area (Å²) in [5.74, 6) is 0.733. The second-order valence-electron chi connectivity index (χ2n) is 6.04. The Hall–Kier alpha value is -0.320. The van der Waals surface area contributed by atoms with Crippen LogP contribution in [0, 0.1) is 5.92 Å². The van der Waals surface area contributed by atoms with Gasteiger partial charge in [-0.15, -0.1) is 0 Å². The molecule has 0 unspecified atom stereocenters. The Morgan fingerprint density at radius 3 is 2.86 bits per heavy atom. The third-order valence-electron chi connectivity index (χ3n) is 4.47. The minimum atomic E-state index is 0.511. The van der Waals surface area contributed by atoms with Crippen molar-refractivity contribution in [1.29, 1.82) is 0 Å². The van der Waals surface area contributed by atoms with E-state index in [1.165, 1.54) is 6.42 Å². The van der Waals surface area contributed by atoms with Crippen LogP contribution in [0.1, 0.15) is 18.4 Å². The van der Waals surface area contributed by atoms with E-state index >= 15 is 0 Å². The maximum atomic E-state index is 6.34. The van der Waals surface area contributed by atoms with Gasteiger partial charge in [0.2, 0.25) is 0 Å². The highest BCUT2D eigenvalue weighted by atomic mass is 35.5. The van der Waals surface area contributed by atoms with Gasteiger partial charge in [0.25, 0.3) is 0 Å². The van der Waals surface area contributed by atoms with Crippen molar-refractivity contribution >= 4 is 23.2 Å². The van der Waals surface area contributed by atoms with Crippen LogP contribution in [-0.2, 0) is 11.3 Å². The monoisotopic (exact) mass is 328 g/mol. The largest absolute Gasteiger partial charge is 0.380 e. The van der Waals surface area contributed by atoms with E-state index in [1.807, 2.05) is 18.2 Å². The molecule has 2 heterocycles. The van der Waals surface area contributed by atoms with Crippen LogP contribution < -0.4 is 5.32 Å². The number of halogens is 2. The first kappa shape index (κ1) is 15.6. The molecule has 0 spiro atoms. The van der Waals surface area contributed by atoms with Crippen molar-refractivity contribution in [2.24, 2.45) is 5.92 Å². The smallest absolute Gasteiger partial charge is 0.0622 e. The SMILES string of the molecule is Clc1ccc(CN(C[C@H]2CCNC2)[C@@H]2CCOC2)c(Cl)c1. The summed E-state index contributed by atoms with van der Waals surface area (Å²) < 4.78 is 5.58. The van der Waals surface area contributed by atoms with E-state index < -0.39 is 0 Å². The van der Waals surface area contributed by atoms with Gasteiger partial charge in [-0.2, -0.15) is 0 Å². The summed E-state index contributed by atoms with van der Waals surface area (Å²) in [5, 5.41) is 4.90. The van der Waals surface area contributed by atoms with Crippen LogP contribution in [0.25, 0.3) is 0 Å². The lowest BCUT2D eigenvalue weighted by molar-refractivity contribution is 0.126. The zero-order chi connectivity index (χ0) is 14.7. The normalized spacial score (nSPS) is 25.9. The molecule has 0 amide bonds. The van der Waals surface area contributed by atoms with E-state index in [4.69, 9.17) is 27.9 Å². The van der Waals surface area contributed by atoms with Gasteiger partial charge < -0.3 is 10.1 Å². The summed E-state index contributed by atoms with van der Waals surface area (Å²) in [4.78, 5) is 2.54. The van der Waals surface area contributed by atoms with Gasteiger partial charge in [-0.05, 0) is 49.5 Å². The van der Waals surface area contributed by atoms with Gasteiger partial charge in [-0.1, -0.05) is 29.3 Å². The summed E-state index contributed by atoms with van der Waals surface area (Å²) in [6, 6.07) is 6.31. The van der Waals surface area contributed by atoms with Gasteiger partial charge in [0.1, 0.15) is 0 Å². The van der Waals surface area contributed by atoms with Crippen LogP contribution in [0.3, 0.4) is 0 Å². The van der Waals surface area contributed by atoms with Crippen LogP contribution >= 0.6 is 23.2 Å². The predicted octanol–water partition coefficient (Wildman–Crippen LogP) is 3.19. The fourth-order valence-electron chi connectivity index (χ4n) is 3.22. The van der Waals surface area contributed by atoms with Crippen molar-refractivity contribution in [3.8, 4) is 0 Å². The fourth-order valence-corrected chi connectivity index (χ4v) is 3.69. The van der Waals surface area contributed by atoms with Crippen LogP contribution in [0.2, 0.25) is 10.0 Å². The van der Waals surface area contributed by atoms with Crippen LogP contribution in [0.5, 0.6) is 0 Å². The average molecular weight is 329 g/mol. The highest BCUT2D eigenvalue weighted by Crippen LogP contribution is 2.25. The molecule has 0 radical (unpaired) electrons. The molecule has 5 heteroatoms. The van der Waals surface area contributed by atoms with Crippen LogP contribution in [-0.4, -0.2) is 43.8 Å². The molecule has 3 rings (SSSR count). The van der Waals surface area contributed by atoms with Crippen molar-refractivity contribution in [3.63, 3.8) is 0 Å². The molecule has 1 aromatic rings. The minimum absolute atomic E-state index is 0.511. The van der Waals surface area contributed by atoms with Crippen molar-refractivity contribution in [3.05, 3.63) is 33.8 Å². The number of ether oxygens (including phenoxy) is 1. The molecule has 1 N–H and O–H groups in total. The lowest BCUT2D eigenvalue weighted by Gasteiger charge is -2.30. The minimum Gasteiger partial charge on any atom is -0.380 e. The first-order valence-electron chi connectivity index (χ1n) is 7.69. The molecular weight excluding hydrogens is 307 g/mol. The standard InChI is InChI=1S/C16H22Cl2N2O/c17-14-2-1-13(16(18)7-14)10-20(15-4-6-21-11-15)9-12-3-5-19-8-12/h1-2,7,12,15,19H,3-6,8-11H2/t12-,15+/m0/s1. The third kappa shape index (κ3) is 4.11. The highest BCUT2D eigenvalue weighted by molar-refractivity contribution is 6.35. The number of nitrogens with zero attached hydrogens (tertiary/aromatic N) is 1. The fraction of sp³-hybridized carbons (Fsp3) is 0.625. The van der Waals surface area contributed by atoms with Gasteiger partial charge >= 0.3 is 0 Å². The topological polar surface area (TPSA) is 24.5 Å². The van der Waals surface area contributed by atoms with Crippen molar-refractivity contribution in [2.45, 2.75) is 25.4 Å². The lowest BCUT2D eigenvalue weighted by Crippen LogP contribution is -2.39. The van der Waals surface area contributed by atoms with Crippen molar-refractivity contribution in [1.82, 2.24) is 10.2 Å². The molecule has 0 aliphatic carbocycles. The molecule has 0 bridgehead atoms. The molecule has 2 saturated heterocycles. The van der Waals surface area contributed by atoms with Gasteiger partial charge in [0.05, 0.1) is 6.61 Å². The Morgan fingerprint density at radius 1 is 1.29 bits per heavy atom. The summed E-state index contributed by atoms with van der Waals surface area (Å²) in [7, 11) is 0. The zero-order valence-electron chi connectivity index (χ0n) is 12.2. The van der Waals surface area contributed by atoms with E-state index in [1.54, 1.807) is 0 Å². The zero-order valence-corrected chi connectivity index (χ0v) is 13.7. The summed E-state index contributed by atoms with van der Waals surface area (Å²) in [6.07, 6.45) is 2.38. The Bertz CT molecular complexity index is 471. The molecule has 0 aromatic heterocycles. The molecule has 3 nitrogen and oxygen atoms in total. The van der Waals surface area contributed by atoms with Crippen LogP contribution in [0.4, 0.5) is 0 Å². The maximum absolute atomic E-state index is 6.34. The van der Waals surface area contributed by atoms with E-state index in [9.17, 15) is 0 Å². The molecule has 2 atom stereocenters. The first-order chi connectivity index (χ1) is 10.2. The van der Waals surface area contributed by atoms with E-state index in [2.05, 4.69) is 10.2 Å². The molecule has 21 heavy (non-hydrogen) atoms. The van der Waals surface area contributed by atoms with Gasteiger partial charge in [-0.3, -0.25) is 4.90 Å². The Balaban J connectivity index is 1.70. The highest BCUT2D eigenvalue weighted by Gasteiger charge is 2.27. The Kier molecular flexibility index (Phi) is 5.41. The van der Waals surface area contributed by atoms with Crippen molar-refractivity contribution in [2.75, 3.05) is 32.8 Å². The van der Waals surface area contributed by atoms with Gasteiger partial charge in [-0.25, -0.2) is 0 Å². The van der Waals surface area contributed by atoms with E-state index in [-0.39, 0.29) is 0 Å². The van der Waals surface area contributed by atoms with Gasteiger partial charge in [0.15, 0.2) is 0 Å². The third-order valence-corrected chi connectivity index (χ3v) is 5.05. The Labute approximate surface area is 136 Å². The molecule has 0 saturated carbocycles. The number of nitrogens with one attached hydrogen (secondary N) is 1. The maximum Gasteiger partial charge on any atom is 0.0622 e. The quantitative estimate of drug-likeness (QED) is 0.898. The summed E-state index contributed by atoms with van der Waals surface area (Å²) in [6.45, 7) is 5.96. The summed E-state index contributed by atoms with van der Waals surface area (Å²) in [5.41, 5.74) is 1.15. The summed E-state index contributed by atoms with van der Waals surface area (Å²) >= 11 is 12.3. The molecule has 2 fully saturated rings. The van der Waals surface area contributed by atoms with Gasteiger partial charge in [0, 0.05) is 35.8 Å². The molecule has 2 aliphatic rings. The second-order valence-corrected chi connectivity index (χ2v) is 6.89. The predicted molar refractivity (Wildman–Crippen MR) is 87.1 cm³/mol. The number of hydrogen-bond acceptors (Lipinski definition) is 3. The molecule has 1 aromatic carbocycles. The van der Waals surface area contributed by atoms with E-state index in [0.717, 1.165) is 62.3 Å². The number of hydrogen-bond donors (Lipinski definition) is 1. The molecular formula is C16H22Cl2N2O. The number of rotatable bonds is 5. The Morgan fingerprint density at radius 2 is 2.19 bits per heavy atom. The number of benzene rings is 1. The second kappa shape index (κ2) is 7.30. The first-order valence-corrected chi connectivity index (χ1v) is 8.44. The molecule has 2 aliphatic heterocycles.